The predicted octanol–water partition coefficient (Wildman–Crippen LogP) is 1.62. The van der Waals surface area contributed by atoms with Crippen LogP contribution in [0.2, 0.25) is 0 Å². The molecule has 0 saturated carbocycles. The number of hydrogen-bond acceptors (Lipinski definition) is 4. The Balaban J connectivity index is 2.16. The highest BCUT2D eigenvalue weighted by molar-refractivity contribution is 8.00. The van der Waals surface area contributed by atoms with Gasteiger partial charge in [0.1, 0.15) is 5.92 Å². The predicted molar refractivity (Wildman–Crippen MR) is 73.7 cm³/mol. The number of carbonyl (C=O) groups excluding carboxylic acids is 3. The Morgan fingerprint density at radius 2 is 2.11 bits per heavy atom. The lowest BCUT2D eigenvalue weighted by Gasteiger charge is -2.36. The van der Waals surface area contributed by atoms with Gasteiger partial charge in [0, 0.05) is 11.3 Å². The Morgan fingerprint density at radius 3 is 2.63 bits per heavy atom. The summed E-state index contributed by atoms with van der Waals surface area (Å²) in [5.74, 6) is -0.602. The average Bonchev–Trinajstić information content (AvgIpc) is 2.71. The van der Waals surface area contributed by atoms with Gasteiger partial charge in [-0.3, -0.25) is 19.8 Å². The van der Waals surface area contributed by atoms with Gasteiger partial charge in [-0.15, -0.1) is 0 Å². The van der Waals surface area contributed by atoms with Crippen molar-refractivity contribution in [3.8, 4) is 0 Å². The lowest BCUT2D eigenvalue weighted by atomic mass is 9.91. The maximum Gasteiger partial charge on any atom is 0.330 e. The van der Waals surface area contributed by atoms with Crippen molar-refractivity contribution >= 4 is 29.6 Å². The van der Waals surface area contributed by atoms with Crippen LogP contribution in [0.25, 0.3) is 0 Å². The van der Waals surface area contributed by atoms with Crippen LogP contribution in [0.15, 0.2) is 0 Å². The van der Waals surface area contributed by atoms with Crippen LogP contribution in [-0.2, 0) is 9.59 Å². The number of rotatable bonds is 3. The smallest absolute Gasteiger partial charge is 0.277 e. The number of carbonyl (C=O) groups is 3. The summed E-state index contributed by atoms with van der Waals surface area (Å²) in [6.07, 6.45) is 2.10. The Bertz CT molecular complexity index is 416. The summed E-state index contributed by atoms with van der Waals surface area (Å²) in [5, 5.41) is 2.30. The summed E-state index contributed by atoms with van der Waals surface area (Å²) < 4.78 is -0.0745. The van der Waals surface area contributed by atoms with Gasteiger partial charge < -0.3 is 0 Å². The van der Waals surface area contributed by atoms with Crippen molar-refractivity contribution in [2.75, 3.05) is 12.3 Å². The Kier molecular flexibility index (Phi) is 3.90. The molecule has 1 N–H and O–H groups in total. The molecule has 2 aliphatic rings. The highest BCUT2D eigenvalue weighted by Gasteiger charge is 2.45. The zero-order valence-electron chi connectivity index (χ0n) is 11.6. The molecule has 2 aliphatic heterocycles. The summed E-state index contributed by atoms with van der Waals surface area (Å²) in [7, 11) is 0. The molecule has 5 nitrogen and oxygen atoms in total. The van der Waals surface area contributed by atoms with Crippen LogP contribution in [0.5, 0.6) is 0 Å². The molecule has 0 aromatic carbocycles. The van der Waals surface area contributed by atoms with E-state index in [9.17, 15) is 14.4 Å². The molecule has 106 valence electrons. The minimum Gasteiger partial charge on any atom is -0.277 e. The molecule has 0 aliphatic carbocycles. The van der Waals surface area contributed by atoms with Gasteiger partial charge in [-0.05, 0) is 31.4 Å². The summed E-state index contributed by atoms with van der Waals surface area (Å²) in [6, 6.07) is -0.569. The van der Waals surface area contributed by atoms with E-state index in [0.29, 0.717) is 6.54 Å². The second-order valence-corrected chi connectivity index (χ2v) is 7.52. The number of thioether (sulfide) groups is 1. The second-order valence-electron chi connectivity index (χ2n) is 5.84. The zero-order chi connectivity index (χ0) is 14.2. The number of imide groups is 2. The fourth-order valence-corrected chi connectivity index (χ4v) is 3.95. The number of hydrogen-bond donors (Lipinski definition) is 1. The van der Waals surface area contributed by atoms with Crippen molar-refractivity contribution < 1.29 is 14.4 Å². The van der Waals surface area contributed by atoms with Crippen molar-refractivity contribution in [1.29, 1.82) is 0 Å². The SMILES string of the molecule is CC(C)C1C(=O)NC(=O)N(CC2(C)CCCS2)C1=O. The Morgan fingerprint density at radius 1 is 1.42 bits per heavy atom. The highest BCUT2D eigenvalue weighted by Crippen LogP contribution is 2.39. The van der Waals surface area contributed by atoms with E-state index in [-0.39, 0.29) is 16.6 Å². The summed E-state index contributed by atoms with van der Waals surface area (Å²) in [5.41, 5.74) is 0. The van der Waals surface area contributed by atoms with Gasteiger partial charge in [0.05, 0.1) is 0 Å². The number of nitrogens with zero attached hydrogens (tertiary/aromatic N) is 1. The highest BCUT2D eigenvalue weighted by atomic mass is 32.2. The van der Waals surface area contributed by atoms with Gasteiger partial charge in [-0.2, -0.15) is 11.8 Å². The molecule has 2 fully saturated rings. The quantitative estimate of drug-likeness (QED) is 0.800. The van der Waals surface area contributed by atoms with Crippen LogP contribution in [0.4, 0.5) is 4.79 Å². The van der Waals surface area contributed by atoms with Gasteiger partial charge in [-0.25, -0.2) is 4.79 Å². The molecule has 2 saturated heterocycles. The summed E-state index contributed by atoms with van der Waals surface area (Å²) in [6.45, 7) is 6.11. The molecule has 4 amide bonds. The van der Waals surface area contributed by atoms with Crippen molar-refractivity contribution in [1.82, 2.24) is 10.2 Å². The maximum absolute atomic E-state index is 12.4. The molecule has 0 aromatic heterocycles. The molecule has 6 heteroatoms. The van der Waals surface area contributed by atoms with Crippen molar-refractivity contribution in [2.24, 2.45) is 11.8 Å². The van der Waals surface area contributed by atoms with Gasteiger partial charge in [0.15, 0.2) is 0 Å². The summed E-state index contributed by atoms with van der Waals surface area (Å²) in [4.78, 5) is 37.2. The number of urea groups is 1. The van der Waals surface area contributed by atoms with Gasteiger partial charge in [0.25, 0.3) is 0 Å². The first-order valence-electron chi connectivity index (χ1n) is 6.64. The van der Waals surface area contributed by atoms with Crippen molar-refractivity contribution in [3.05, 3.63) is 0 Å². The molecular formula is C13H20N2O3S. The molecule has 19 heavy (non-hydrogen) atoms. The third-order valence-corrected chi connectivity index (χ3v) is 5.27. The standard InChI is InChI=1S/C13H20N2O3S/c1-8(2)9-10(16)14-12(18)15(11(9)17)7-13(3)5-4-6-19-13/h8-9H,4-7H2,1-3H3,(H,14,16,18). The molecule has 2 heterocycles. The van der Waals surface area contributed by atoms with Crippen LogP contribution in [0.3, 0.4) is 0 Å². The van der Waals surface area contributed by atoms with E-state index < -0.39 is 17.9 Å². The van der Waals surface area contributed by atoms with Crippen molar-refractivity contribution in [2.45, 2.75) is 38.4 Å². The number of nitrogens with one attached hydrogen (secondary N) is 1. The molecular weight excluding hydrogens is 264 g/mol. The van der Waals surface area contributed by atoms with E-state index in [0.717, 1.165) is 18.6 Å². The topological polar surface area (TPSA) is 66.5 Å². The van der Waals surface area contributed by atoms with Crippen LogP contribution < -0.4 is 5.32 Å². The average molecular weight is 284 g/mol. The largest absolute Gasteiger partial charge is 0.330 e. The molecule has 0 aromatic rings. The normalized spacial score (nSPS) is 32.1. The molecule has 2 rings (SSSR count). The van der Waals surface area contributed by atoms with Gasteiger partial charge >= 0.3 is 6.03 Å². The molecule has 0 radical (unpaired) electrons. The third-order valence-electron chi connectivity index (χ3n) is 3.75. The fraction of sp³-hybridized carbons (Fsp3) is 0.769. The van der Waals surface area contributed by atoms with E-state index in [1.165, 1.54) is 4.90 Å². The van der Waals surface area contributed by atoms with Gasteiger partial charge in [-0.1, -0.05) is 13.8 Å². The molecule has 2 unspecified atom stereocenters. The fourth-order valence-electron chi connectivity index (χ4n) is 2.66. The number of amides is 4. The van der Waals surface area contributed by atoms with E-state index in [1.54, 1.807) is 11.8 Å². The Labute approximate surface area is 117 Å². The lowest BCUT2D eigenvalue weighted by Crippen LogP contribution is -2.61. The number of barbiturate groups is 1. The minimum atomic E-state index is -0.743. The van der Waals surface area contributed by atoms with E-state index in [2.05, 4.69) is 12.2 Å². The van der Waals surface area contributed by atoms with E-state index >= 15 is 0 Å². The first-order valence-corrected chi connectivity index (χ1v) is 7.63. The summed E-state index contributed by atoms with van der Waals surface area (Å²) >= 11 is 1.79. The molecule has 2 atom stereocenters. The minimum absolute atomic E-state index is 0.0745. The Hall–Kier alpha value is -1.04. The third kappa shape index (κ3) is 2.78. The lowest BCUT2D eigenvalue weighted by molar-refractivity contribution is -0.144. The van der Waals surface area contributed by atoms with Gasteiger partial charge in [0.2, 0.25) is 11.8 Å². The second kappa shape index (κ2) is 5.15. The first-order chi connectivity index (χ1) is 8.84. The zero-order valence-corrected chi connectivity index (χ0v) is 12.4. The van der Waals surface area contributed by atoms with E-state index in [1.807, 2.05) is 13.8 Å². The van der Waals surface area contributed by atoms with Crippen LogP contribution in [0.1, 0.15) is 33.6 Å². The molecule has 0 spiro atoms. The van der Waals surface area contributed by atoms with Crippen LogP contribution >= 0.6 is 11.8 Å². The maximum atomic E-state index is 12.4. The van der Waals surface area contributed by atoms with Crippen LogP contribution in [0, 0.1) is 11.8 Å². The first kappa shape index (κ1) is 14.4. The van der Waals surface area contributed by atoms with Crippen molar-refractivity contribution in [3.63, 3.8) is 0 Å². The van der Waals surface area contributed by atoms with E-state index in [4.69, 9.17) is 0 Å². The van der Waals surface area contributed by atoms with Crippen LogP contribution in [-0.4, -0.2) is 39.8 Å². The monoisotopic (exact) mass is 284 g/mol. The molecule has 0 bridgehead atoms.